The quantitative estimate of drug-likeness (QED) is 0.149. The summed E-state index contributed by atoms with van der Waals surface area (Å²) in [5.41, 5.74) is -1.80. The molecule has 2 aliphatic heterocycles. The van der Waals surface area contributed by atoms with Crippen molar-refractivity contribution >= 4 is 70.2 Å². The van der Waals surface area contributed by atoms with Gasteiger partial charge in [-0.15, -0.1) is 0 Å². The van der Waals surface area contributed by atoms with Crippen molar-refractivity contribution in [1.29, 1.82) is 0 Å². The van der Waals surface area contributed by atoms with E-state index in [1.54, 1.807) is 9.80 Å². The normalized spacial score (nSPS) is 26.5. The molecule has 0 bridgehead atoms. The number of aliphatic hydroxyl groups is 1. The molecule has 0 radical (unpaired) electrons. The van der Waals surface area contributed by atoms with E-state index in [9.17, 15) is 24.3 Å². The molecule has 2 amide bonds. The van der Waals surface area contributed by atoms with Crippen molar-refractivity contribution in [2.24, 2.45) is 23.7 Å². The van der Waals surface area contributed by atoms with Crippen molar-refractivity contribution in [3.05, 3.63) is 0 Å². The molecule has 4 rings (SSSR count). The molecule has 1 N–H and O–H groups in total. The van der Waals surface area contributed by atoms with Gasteiger partial charge < -0.3 is 38.6 Å². The first kappa shape index (κ1) is 39.4. The molecule has 250 valence electrons. The van der Waals surface area contributed by atoms with Gasteiger partial charge in [-0.25, -0.2) is 19.2 Å². The van der Waals surface area contributed by atoms with Gasteiger partial charge in [-0.05, 0) is 113 Å². The summed E-state index contributed by atoms with van der Waals surface area (Å²) in [5, 5.41) is 9.23. The number of alkyl halides is 3. The van der Waals surface area contributed by atoms with Gasteiger partial charge in [0.1, 0.15) is 17.8 Å². The monoisotopic (exact) mass is 696 g/mol. The van der Waals surface area contributed by atoms with Crippen LogP contribution in [0.3, 0.4) is 0 Å². The second-order valence-corrected chi connectivity index (χ2v) is 14.9. The third-order valence-corrected chi connectivity index (χ3v) is 7.12. The molecule has 12 nitrogen and oxygen atoms in total. The highest BCUT2D eigenvalue weighted by Crippen LogP contribution is 2.50. The third kappa shape index (κ3) is 13.5. The highest BCUT2D eigenvalue weighted by atomic mass is 35.6. The summed E-state index contributed by atoms with van der Waals surface area (Å²) in [6.07, 6.45) is 0.586. The van der Waals surface area contributed by atoms with Gasteiger partial charge in [0.15, 0.2) is 0 Å². The SMILES string of the molecule is C.CC(C)(C)OC(=O)N1C[C@H]2C[C@H]2[C@H]1CO.CC(C)(C)OC(=O)N1C[C@H]2C[C@H]2[C@H]1COC(=O)Cl.COC(=O)OC(Cl)(Cl)Cl. The number of piperidine rings is 2. The zero-order valence-electron chi connectivity index (χ0n) is 24.7. The molecule has 0 aromatic carbocycles. The molecular formula is C27H44Cl4N2O10. The van der Waals surface area contributed by atoms with Crippen molar-refractivity contribution in [2.75, 3.05) is 33.4 Å². The Balaban J connectivity index is 0.000000337. The van der Waals surface area contributed by atoms with E-state index in [4.69, 9.17) is 60.6 Å². The van der Waals surface area contributed by atoms with Gasteiger partial charge in [0.25, 0.3) is 0 Å². The summed E-state index contributed by atoms with van der Waals surface area (Å²) in [5.74, 6) is 2.07. The molecule has 0 unspecified atom stereocenters. The van der Waals surface area contributed by atoms with Crippen LogP contribution in [-0.2, 0) is 23.7 Å². The fraction of sp³-hybridized carbons (Fsp3) is 0.852. The summed E-state index contributed by atoms with van der Waals surface area (Å²) in [4.78, 5) is 47.9. The average Bonchev–Trinajstić information content (AvgIpc) is 3.70. The second kappa shape index (κ2) is 15.6. The third-order valence-electron chi connectivity index (χ3n) is 6.78. The number of rotatable bonds is 3. The minimum atomic E-state index is -2.03. The second-order valence-electron chi connectivity index (χ2n) is 12.5. The van der Waals surface area contributed by atoms with Crippen molar-refractivity contribution in [2.45, 2.75) is 89.1 Å². The van der Waals surface area contributed by atoms with Gasteiger partial charge >= 0.3 is 27.7 Å². The van der Waals surface area contributed by atoms with Gasteiger partial charge in [-0.3, -0.25) is 0 Å². The molecule has 43 heavy (non-hydrogen) atoms. The zero-order chi connectivity index (χ0) is 32.2. The van der Waals surface area contributed by atoms with E-state index in [1.807, 2.05) is 41.5 Å². The molecule has 2 aliphatic carbocycles. The van der Waals surface area contributed by atoms with E-state index < -0.39 is 26.8 Å². The molecular weight excluding hydrogens is 654 g/mol. The minimum absolute atomic E-state index is 0. The number of aliphatic hydroxyl groups excluding tert-OH is 1. The Hall–Kier alpha value is -1.60. The Morgan fingerprint density at radius 1 is 0.791 bits per heavy atom. The van der Waals surface area contributed by atoms with Gasteiger partial charge in [-0.1, -0.05) is 7.43 Å². The van der Waals surface area contributed by atoms with Crippen LogP contribution in [0.1, 0.15) is 61.8 Å². The van der Waals surface area contributed by atoms with E-state index in [0.717, 1.165) is 26.5 Å². The maximum atomic E-state index is 12.0. The highest BCUT2D eigenvalue weighted by Gasteiger charge is 2.55. The molecule has 2 saturated carbocycles. The molecule has 2 heterocycles. The number of likely N-dealkylation sites (tertiary alicyclic amines) is 2. The largest absolute Gasteiger partial charge is 0.511 e. The van der Waals surface area contributed by atoms with Crippen molar-refractivity contribution in [1.82, 2.24) is 9.80 Å². The molecule has 4 fully saturated rings. The summed E-state index contributed by atoms with van der Waals surface area (Å²) in [6.45, 7) is 12.7. The molecule has 6 atom stereocenters. The molecule has 4 aliphatic rings. The number of carbonyl (C=O) groups excluding carboxylic acids is 4. The first-order valence-electron chi connectivity index (χ1n) is 13.4. The Labute approximate surface area is 273 Å². The van der Waals surface area contributed by atoms with Gasteiger partial charge in [0.2, 0.25) is 0 Å². The van der Waals surface area contributed by atoms with Crippen LogP contribution in [0.5, 0.6) is 0 Å². The van der Waals surface area contributed by atoms with Crippen molar-refractivity contribution in [3.63, 3.8) is 0 Å². The molecule has 0 aromatic rings. The van der Waals surface area contributed by atoms with Crippen LogP contribution in [0.25, 0.3) is 0 Å². The van der Waals surface area contributed by atoms with Crippen LogP contribution < -0.4 is 0 Å². The number of hydrogen-bond donors (Lipinski definition) is 1. The van der Waals surface area contributed by atoms with Crippen molar-refractivity contribution < 1.29 is 48.0 Å². The van der Waals surface area contributed by atoms with Crippen LogP contribution in [0, 0.1) is 23.7 Å². The summed E-state index contributed by atoms with van der Waals surface area (Å²) < 4.78 is 21.4. The van der Waals surface area contributed by atoms with E-state index in [2.05, 4.69) is 9.47 Å². The Bertz CT molecular complexity index is 982. The number of amides is 2. The first-order valence-corrected chi connectivity index (χ1v) is 14.9. The number of carbonyl (C=O) groups is 4. The zero-order valence-corrected chi connectivity index (χ0v) is 27.8. The molecule has 0 spiro atoms. The Morgan fingerprint density at radius 2 is 1.21 bits per heavy atom. The van der Waals surface area contributed by atoms with E-state index >= 15 is 0 Å². The van der Waals surface area contributed by atoms with E-state index in [-0.39, 0.29) is 44.9 Å². The molecule has 0 aromatic heterocycles. The number of nitrogens with zero attached hydrogens (tertiary/aromatic N) is 2. The van der Waals surface area contributed by atoms with Gasteiger partial charge in [-0.2, -0.15) is 0 Å². The lowest BCUT2D eigenvalue weighted by Crippen LogP contribution is -2.44. The maximum absolute atomic E-state index is 12.0. The topological polar surface area (TPSA) is 141 Å². The number of halogens is 4. The standard InChI is InChI=1S/C12H18ClNO4.C11H19NO3.C3H3Cl3O3.CH4/c1-12(2,3)18-11(16)14-5-7-4-8(7)9(14)6-17-10(13)15;1-11(2,3)15-10(14)12-5-7-4-8(7)9(12)6-13;1-8-2(7)9-3(4,5)6;/h7-9H,4-6H2,1-3H3;7-9,13H,4-6H2,1-3H3;1H3;1H4/t2*7-,8-,9-;;/m11../s1. The van der Waals surface area contributed by atoms with Crippen LogP contribution in [-0.4, -0.2) is 99.4 Å². The smallest absolute Gasteiger partial charge is 0.451 e. The molecule has 16 heteroatoms. The Kier molecular flexibility index (Phi) is 14.3. The van der Waals surface area contributed by atoms with Crippen LogP contribution >= 0.6 is 46.4 Å². The highest BCUT2D eigenvalue weighted by molar-refractivity contribution is 6.66. The molecule has 2 saturated heterocycles. The number of methoxy groups -OCH3 is 1. The maximum Gasteiger partial charge on any atom is 0.511 e. The Morgan fingerprint density at radius 3 is 1.53 bits per heavy atom. The lowest BCUT2D eigenvalue weighted by Gasteiger charge is -2.30. The van der Waals surface area contributed by atoms with Crippen LogP contribution in [0.4, 0.5) is 19.2 Å². The lowest BCUT2D eigenvalue weighted by molar-refractivity contribution is 0.0122. The number of ether oxygens (including phenoxy) is 5. The lowest BCUT2D eigenvalue weighted by atomic mass is 10.2. The average molecular weight is 698 g/mol. The van der Waals surface area contributed by atoms with Crippen molar-refractivity contribution in [3.8, 4) is 0 Å². The first-order chi connectivity index (χ1) is 19.2. The van der Waals surface area contributed by atoms with E-state index in [1.165, 1.54) is 0 Å². The number of fused-ring (bicyclic) bond motifs is 2. The predicted octanol–water partition coefficient (Wildman–Crippen LogP) is 6.58. The minimum Gasteiger partial charge on any atom is -0.451 e. The summed E-state index contributed by atoms with van der Waals surface area (Å²) in [6, 6.07) is -0.0996. The van der Waals surface area contributed by atoms with Gasteiger partial charge in [0, 0.05) is 24.7 Å². The van der Waals surface area contributed by atoms with E-state index in [0.29, 0.717) is 30.2 Å². The predicted molar refractivity (Wildman–Crippen MR) is 161 cm³/mol. The van der Waals surface area contributed by atoms with Gasteiger partial charge in [0.05, 0.1) is 25.8 Å². The number of hydrogen-bond acceptors (Lipinski definition) is 10. The van der Waals surface area contributed by atoms with Crippen LogP contribution in [0.2, 0.25) is 0 Å². The fourth-order valence-electron chi connectivity index (χ4n) is 4.94. The summed E-state index contributed by atoms with van der Waals surface area (Å²) >= 11 is 20.2. The summed E-state index contributed by atoms with van der Waals surface area (Å²) in [7, 11) is 1.11. The van der Waals surface area contributed by atoms with Crippen LogP contribution in [0.15, 0.2) is 0 Å². The fourth-order valence-corrected chi connectivity index (χ4v) is 5.19.